The van der Waals surface area contributed by atoms with Crippen molar-refractivity contribution in [3.05, 3.63) is 193 Å². The van der Waals surface area contributed by atoms with Gasteiger partial charge in [-0.25, -0.2) is 4.98 Å². The average molecular weight is 890 g/mol. The van der Waals surface area contributed by atoms with Gasteiger partial charge in [0.15, 0.2) is 11.9 Å². The maximum absolute atomic E-state index is 13.3. The zero-order valence-electron chi connectivity index (χ0n) is 37.6. The average Bonchev–Trinajstić information content (AvgIpc) is 3.34. The minimum absolute atomic E-state index is 0.0794. The van der Waals surface area contributed by atoms with Crippen LogP contribution in [0.25, 0.3) is 55.7 Å². The molecule has 0 spiro atoms. The summed E-state index contributed by atoms with van der Waals surface area (Å²) in [4.78, 5) is 14.8. The van der Waals surface area contributed by atoms with Crippen LogP contribution < -0.4 is 14.6 Å². The van der Waals surface area contributed by atoms with Crippen LogP contribution in [-0.4, -0.2) is 44.2 Å². The summed E-state index contributed by atoms with van der Waals surface area (Å²) in [6.45, 7) is 13.3. The molecule has 3 aliphatic rings. The number of fused-ring (bicyclic) bond motifs is 4. The Morgan fingerprint density at radius 2 is 1.38 bits per heavy atom. The molecule has 7 nitrogen and oxygen atoms in total. The molecule has 0 unspecified atom stereocenters. The van der Waals surface area contributed by atoms with Crippen molar-refractivity contribution in [2.24, 2.45) is 11.8 Å². The molecule has 5 heterocycles. The molecule has 6 aromatic carbocycles. The molecule has 3 fully saturated rings. The number of piperidine rings is 3. The highest BCUT2D eigenvalue weighted by atomic mass is 35.5. The van der Waals surface area contributed by atoms with Gasteiger partial charge in [-0.15, -0.1) is 12.3 Å². The highest BCUT2D eigenvalue weighted by Crippen LogP contribution is 2.51. The van der Waals surface area contributed by atoms with Gasteiger partial charge in [0.2, 0.25) is 5.88 Å². The van der Waals surface area contributed by atoms with Crippen LogP contribution in [0.3, 0.4) is 0 Å². The Bertz CT molecular complexity index is 2960. The number of aromatic nitrogens is 3. The fourth-order valence-electron chi connectivity index (χ4n) is 10.5. The molecule has 0 aliphatic carbocycles. The maximum atomic E-state index is 13.3. The second-order valence-corrected chi connectivity index (χ2v) is 19.2. The van der Waals surface area contributed by atoms with Crippen LogP contribution in [-0.2, 0) is 6.54 Å². The third-order valence-corrected chi connectivity index (χ3v) is 13.7. The number of nitrogens with zero attached hydrogens (tertiary/aromatic N) is 4. The fraction of sp³-hybridized carbons (Fsp3) is 0.224. The fourth-order valence-corrected chi connectivity index (χ4v) is 10.8. The number of hydrogen-bond donors (Lipinski definition) is 0. The van der Waals surface area contributed by atoms with Gasteiger partial charge < -0.3 is 19.1 Å². The Balaban J connectivity index is 1.19. The highest BCUT2D eigenvalue weighted by molar-refractivity contribution is 6.32. The highest BCUT2D eigenvalue weighted by Gasteiger charge is 2.55. The first-order chi connectivity index (χ1) is 32.1. The van der Waals surface area contributed by atoms with Gasteiger partial charge in [0.05, 0.1) is 24.2 Å². The van der Waals surface area contributed by atoms with E-state index in [-0.39, 0.29) is 11.8 Å². The summed E-state index contributed by atoms with van der Waals surface area (Å²) >= 11 is 7.26. The lowest BCUT2D eigenvalue weighted by Crippen LogP contribution is -2.68. The van der Waals surface area contributed by atoms with Gasteiger partial charge in [0.1, 0.15) is 29.1 Å². The van der Waals surface area contributed by atoms with Gasteiger partial charge >= 0.3 is 0 Å². The van der Waals surface area contributed by atoms with Gasteiger partial charge in [0, 0.05) is 58.2 Å². The summed E-state index contributed by atoms with van der Waals surface area (Å²) in [6.07, 6.45) is 5.35. The molecule has 330 valence electrons. The maximum Gasteiger partial charge on any atom is 0.227 e. The third kappa shape index (κ3) is 8.57. The van der Waals surface area contributed by atoms with E-state index < -0.39 is 11.7 Å². The second-order valence-electron chi connectivity index (χ2n) is 18.9. The third-order valence-electron chi connectivity index (χ3n) is 13.5. The Morgan fingerprint density at radius 3 is 1.98 bits per heavy atom. The lowest BCUT2D eigenvalue weighted by atomic mass is 9.71. The molecular formula is C58H53ClN4O3. The smallest absolute Gasteiger partial charge is 0.227 e. The number of ether oxygens (including phenoxy) is 2. The van der Waals surface area contributed by atoms with E-state index in [1.165, 1.54) is 5.56 Å². The van der Waals surface area contributed by atoms with Crippen LogP contribution in [0.4, 0.5) is 0 Å². The lowest BCUT2D eigenvalue weighted by molar-refractivity contribution is -0.984. The molecule has 66 heavy (non-hydrogen) atoms. The van der Waals surface area contributed by atoms with Crippen LogP contribution in [0.15, 0.2) is 177 Å². The molecule has 0 amide bonds. The van der Waals surface area contributed by atoms with Crippen molar-refractivity contribution in [1.82, 2.24) is 15.0 Å². The van der Waals surface area contributed by atoms with Crippen molar-refractivity contribution < 1.29 is 19.1 Å². The van der Waals surface area contributed by atoms with Crippen molar-refractivity contribution in [1.29, 1.82) is 0 Å². The molecule has 8 heteroatoms. The number of benzene rings is 6. The molecule has 0 radical (unpaired) electrons. The molecule has 3 saturated heterocycles. The van der Waals surface area contributed by atoms with E-state index in [4.69, 9.17) is 36.0 Å². The summed E-state index contributed by atoms with van der Waals surface area (Å²) in [6, 6.07) is 52.7. The van der Waals surface area contributed by atoms with E-state index in [0.29, 0.717) is 34.3 Å². The molecule has 0 N–H and O–H groups in total. The van der Waals surface area contributed by atoms with Gasteiger partial charge in [0.25, 0.3) is 0 Å². The number of halogens is 1. The van der Waals surface area contributed by atoms with Gasteiger partial charge in [-0.05, 0) is 67.6 Å². The number of quaternary nitrogens is 1. The summed E-state index contributed by atoms with van der Waals surface area (Å²) in [5.41, 5.74) is 8.95. The molecular weight excluding hydrogens is 836 g/mol. The van der Waals surface area contributed by atoms with Gasteiger partial charge in [-0.3, -0.25) is 4.98 Å². The standard InChI is InChI=1S/C58H53ClN4O3/c1-5-39-37-63(36-38-32-47(40-18-10-6-11-19-40)53(66-58(2,3)4)48(33-38)41-20-12-7-13-21-41)31-29-44(39)34-51(63)54(46-28-30-60-50-27-26-45(64)35-49(46)50)65-57-52(42-22-14-8-15-23-42)55(59)61-56(62-57)43-24-16-9-17-25-43/h5-28,30,32-33,35,39,44,51,54H,1,29,31,34,36-37H2,2-4H3/t39-,44-,51-,54+,63-/m1/s1. The first-order valence-electron chi connectivity index (χ1n) is 22.9. The lowest BCUT2D eigenvalue weighted by Gasteiger charge is -2.58. The first-order valence-corrected chi connectivity index (χ1v) is 23.3. The predicted octanol–water partition coefficient (Wildman–Crippen LogP) is 13.3. The van der Waals surface area contributed by atoms with Gasteiger partial charge in [-0.2, -0.15) is 4.98 Å². The molecule has 3 aliphatic heterocycles. The minimum atomic E-state index is -0.575. The van der Waals surface area contributed by atoms with E-state index in [0.717, 1.165) is 92.6 Å². The minimum Gasteiger partial charge on any atom is -0.872 e. The van der Waals surface area contributed by atoms with E-state index in [1.54, 1.807) is 12.1 Å². The Hall–Kier alpha value is -6.80. The zero-order chi connectivity index (χ0) is 45.4. The summed E-state index contributed by atoms with van der Waals surface area (Å²) < 4.78 is 15.3. The molecule has 2 bridgehead atoms. The van der Waals surface area contributed by atoms with E-state index in [9.17, 15) is 5.11 Å². The second kappa shape index (κ2) is 17.9. The van der Waals surface area contributed by atoms with E-state index in [2.05, 4.69) is 106 Å². The van der Waals surface area contributed by atoms with Crippen molar-refractivity contribution in [3.63, 3.8) is 0 Å². The predicted molar refractivity (Wildman–Crippen MR) is 264 cm³/mol. The summed E-state index contributed by atoms with van der Waals surface area (Å²) in [5, 5.41) is 14.3. The Kier molecular flexibility index (Phi) is 11.7. The topological polar surface area (TPSA) is 80.2 Å². The van der Waals surface area contributed by atoms with Crippen LogP contribution >= 0.6 is 11.6 Å². The quantitative estimate of drug-likeness (QED) is 0.0691. The van der Waals surface area contributed by atoms with Crippen molar-refractivity contribution in [2.75, 3.05) is 13.1 Å². The number of hydrogen-bond acceptors (Lipinski definition) is 6. The van der Waals surface area contributed by atoms with Crippen molar-refractivity contribution >= 4 is 22.5 Å². The monoisotopic (exact) mass is 888 g/mol. The van der Waals surface area contributed by atoms with Crippen LogP contribution in [0.5, 0.6) is 17.4 Å². The largest absolute Gasteiger partial charge is 0.872 e. The zero-order valence-corrected chi connectivity index (χ0v) is 38.4. The van der Waals surface area contributed by atoms with Crippen molar-refractivity contribution in [3.8, 4) is 62.1 Å². The molecule has 8 aromatic rings. The molecule has 11 rings (SSSR count). The van der Waals surface area contributed by atoms with Crippen molar-refractivity contribution in [2.45, 2.75) is 57.9 Å². The Morgan fingerprint density at radius 1 is 0.773 bits per heavy atom. The van der Waals surface area contributed by atoms with Crippen LogP contribution in [0.2, 0.25) is 5.15 Å². The Labute approximate surface area is 392 Å². The van der Waals surface area contributed by atoms with E-state index >= 15 is 0 Å². The summed E-state index contributed by atoms with van der Waals surface area (Å²) in [5.74, 6) is 2.33. The molecule has 5 atom stereocenters. The SMILES string of the molecule is C=C[C@@H]1C[N@+]2(Cc3cc(-c4ccccc4)c(OC(C)(C)C)c(-c4ccccc4)c3)CC[C@@H]1C[C@@H]2[C@@H](Oc1nc(-c2ccccc2)nc(Cl)c1-c1ccccc1)c1ccnc2ccc([O-])cc12. The van der Waals surface area contributed by atoms with Crippen LogP contribution in [0.1, 0.15) is 50.8 Å². The van der Waals surface area contributed by atoms with Gasteiger partial charge in [-0.1, -0.05) is 151 Å². The molecule has 2 aromatic heterocycles. The number of pyridine rings is 1. The van der Waals surface area contributed by atoms with Crippen LogP contribution in [0, 0.1) is 11.8 Å². The first kappa shape index (κ1) is 43.1. The summed E-state index contributed by atoms with van der Waals surface area (Å²) in [7, 11) is 0. The van der Waals surface area contributed by atoms with E-state index in [1.807, 2.05) is 79.0 Å². The normalized spacial score (nSPS) is 19.6. The number of rotatable bonds is 12. The molecule has 0 saturated carbocycles.